The molecular weight excluding hydrogens is 426 g/mol. The summed E-state index contributed by atoms with van der Waals surface area (Å²) < 4.78 is 22.5. The third kappa shape index (κ3) is 5.25. The van der Waals surface area contributed by atoms with Crippen LogP contribution in [0.3, 0.4) is 0 Å². The Morgan fingerprint density at radius 1 is 0.882 bits per heavy atom. The summed E-state index contributed by atoms with van der Waals surface area (Å²) in [4.78, 5) is 0. The number of benzene rings is 3. The molecule has 1 aliphatic heterocycles. The van der Waals surface area contributed by atoms with Crippen molar-refractivity contribution in [2.75, 3.05) is 26.4 Å². The monoisotopic (exact) mass is 455 g/mol. The Kier molecular flexibility index (Phi) is 6.80. The Labute approximate surface area is 200 Å². The Balaban J connectivity index is 1.09. The summed E-state index contributed by atoms with van der Waals surface area (Å²) >= 11 is 0. The lowest BCUT2D eigenvalue weighted by molar-refractivity contribution is 0.110. The highest BCUT2D eigenvalue weighted by atomic mass is 16.6. The minimum Gasteiger partial charge on any atom is -0.494 e. The standard InChI is InChI=1S/C29H29NO4/c1-20-28-14-21(16-30)4-10-26(28)27-11-5-22(15-29(20)27)17-33-24-8-6-23(7-9-24)32-13-3-2-12-31-18-25-19-34-25/h4-11,14-15,20,25H,2-3,12-13,17-19H2,1H3. The summed E-state index contributed by atoms with van der Waals surface area (Å²) in [6.45, 7) is 5.69. The third-order valence-corrected chi connectivity index (χ3v) is 6.41. The largest absolute Gasteiger partial charge is 0.494 e. The number of rotatable bonds is 11. The van der Waals surface area contributed by atoms with E-state index in [-0.39, 0.29) is 5.92 Å². The summed E-state index contributed by atoms with van der Waals surface area (Å²) in [6, 6.07) is 22.5. The van der Waals surface area contributed by atoms with Gasteiger partial charge in [-0.1, -0.05) is 31.2 Å². The summed E-state index contributed by atoms with van der Waals surface area (Å²) in [5.74, 6) is 1.94. The molecule has 0 N–H and O–H groups in total. The van der Waals surface area contributed by atoms with E-state index in [1.807, 2.05) is 36.4 Å². The first kappa shape index (κ1) is 22.5. The molecule has 3 aromatic rings. The van der Waals surface area contributed by atoms with Gasteiger partial charge in [0.1, 0.15) is 24.2 Å². The normalized spacial score (nSPS) is 17.5. The van der Waals surface area contributed by atoms with Crippen molar-refractivity contribution < 1.29 is 18.9 Å². The Hall–Kier alpha value is -3.33. The number of nitrogens with zero attached hydrogens (tertiary/aromatic N) is 1. The average Bonchev–Trinajstić information content (AvgIpc) is 3.67. The van der Waals surface area contributed by atoms with Crippen molar-refractivity contribution in [2.45, 2.75) is 38.4 Å². The zero-order chi connectivity index (χ0) is 23.3. The van der Waals surface area contributed by atoms with Gasteiger partial charge < -0.3 is 18.9 Å². The minimum atomic E-state index is 0.272. The van der Waals surface area contributed by atoms with E-state index >= 15 is 0 Å². The van der Waals surface area contributed by atoms with Crippen LogP contribution in [-0.4, -0.2) is 32.5 Å². The lowest BCUT2D eigenvalue weighted by atomic mass is 9.97. The second kappa shape index (κ2) is 10.3. The van der Waals surface area contributed by atoms with E-state index in [9.17, 15) is 5.26 Å². The van der Waals surface area contributed by atoms with Gasteiger partial charge in [0, 0.05) is 12.5 Å². The number of nitriles is 1. The quantitative estimate of drug-likeness (QED) is 0.268. The molecule has 5 nitrogen and oxygen atoms in total. The van der Waals surface area contributed by atoms with E-state index in [4.69, 9.17) is 18.9 Å². The Morgan fingerprint density at radius 3 is 2.29 bits per heavy atom. The van der Waals surface area contributed by atoms with Crippen LogP contribution < -0.4 is 9.47 Å². The minimum absolute atomic E-state index is 0.272. The smallest absolute Gasteiger partial charge is 0.120 e. The zero-order valence-electron chi connectivity index (χ0n) is 19.5. The highest BCUT2D eigenvalue weighted by Gasteiger charge is 2.26. The lowest BCUT2D eigenvalue weighted by Crippen LogP contribution is -2.04. The Bertz CT molecular complexity index is 1180. The molecular formula is C29H29NO4. The Morgan fingerprint density at radius 2 is 1.56 bits per heavy atom. The van der Waals surface area contributed by atoms with Gasteiger partial charge in [0.15, 0.2) is 0 Å². The fourth-order valence-electron chi connectivity index (χ4n) is 4.38. The molecule has 2 aliphatic rings. The van der Waals surface area contributed by atoms with Gasteiger partial charge in [-0.15, -0.1) is 0 Å². The van der Waals surface area contributed by atoms with Crippen molar-refractivity contribution in [3.05, 3.63) is 82.9 Å². The second-order valence-electron chi connectivity index (χ2n) is 8.90. The van der Waals surface area contributed by atoms with E-state index in [2.05, 4.69) is 37.3 Å². The van der Waals surface area contributed by atoms with E-state index in [1.165, 1.54) is 22.3 Å². The van der Waals surface area contributed by atoms with Gasteiger partial charge in [-0.2, -0.15) is 5.26 Å². The van der Waals surface area contributed by atoms with Gasteiger partial charge in [0.2, 0.25) is 0 Å². The van der Waals surface area contributed by atoms with Crippen LogP contribution in [0.4, 0.5) is 0 Å². The zero-order valence-corrected chi connectivity index (χ0v) is 19.5. The molecule has 1 saturated heterocycles. The molecule has 5 heteroatoms. The molecule has 1 heterocycles. The van der Waals surface area contributed by atoms with Gasteiger partial charge in [0.25, 0.3) is 0 Å². The molecule has 1 fully saturated rings. The fourth-order valence-corrected chi connectivity index (χ4v) is 4.38. The third-order valence-electron chi connectivity index (χ3n) is 6.41. The maximum atomic E-state index is 9.23. The van der Waals surface area contributed by atoms with E-state index in [1.54, 1.807) is 0 Å². The molecule has 2 unspecified atom stereocenters. The summed E-state index contributed by atoms with van der Waals surface area (Å²) in [7, 11) is 0. The van der Waals surface area contributed by atoms with E-state index in [0.29, 0.717) is 31.5 Å². The van der Waals surface area contributed by atoms with Crippen LogP contribution in [0.1, 0.15) is 47.9 Å². The van der Waals surface area contributed by atoms with Crippen LogP contribution in [0.15, 0.2) is 60.7 Å². The molecule has 0 amide bonds. The number of fused-ring (bicyclic) bond motifs is 3. The molecule has 0 radical (unpaired) electrons. The lowest BCUT2D eigenvalue weighted by Gasteiger charge is -2.11. The molecule has 0 saturated carbocycles. The summed E-state index contributed by atoms with van der Waals surface area (Å²) in [5, 5.41) is 9.23. The van der Waals surface area contributed by atoms with Crippen molar-refractivity contribution in [3.8, 4) is 28.7 Å². The van der Waals surface area contributed by atoms with Crippen LogP contribution in [0.2, 0.25) is 0 Å². The van der Waals surface area contributed by atoms with Crippen molar-refractivity contribution in [2.24, 2.45) is 0 Å². The maximum absolute atomic E-state index is 9.23. The molecule has 1 aliphatic carbocycles. The molecule has 3 aromatic carbocycles. The van der Waals surface area contributed by atoms with Gasteiger partial charge in [0.05, 0.1) is 31.5 Å². The van der Waals surface area contributed by atoms with E-state index < -0.39 is 0 Å². The van der Waals surface area contributed by atoms with E-state index in [0.717, 1.165) is 43.1 Å². The fraction of sp³-hybridized carbons (Fsp3) is 0.345. The highest BCUT2D eigenvalue weighted by Crippen LogP contribution is 2.45. The maximum Gasteiger partial charge on any atom is 0.120 e. The van der Waals surface area contributed by atoms with Crippen LogP contribution in [-0.2, 0) is 16.1 Å². The van der Waals surface area contributed by atoms with Crippen molar-refractivity contribution in [1.29, 1.82) is 5.26 Å². The van der Waals surface area contributed by atoms with Gasteiger partial charge >= 0.3 is 0 Å². The molecule has 5 rings (SSSR count). The first-order valence-corrected chi connectivity index (χ1v) is 11.9. The topological polar surface area (TPSA) is 64.0 Å². The first-order valence-electron chi connectivity index (χ1n) is 11.9. The first-order chi connectivity index (χ1) is 16.7. The van der Waals surface area contributed by atoms with Crippen LogP contribution >= 0.6 is 0 Å². The molecule has 0 aromatic heterocycles. The predicted octanol–water partition coefficient (Wildman–Crippen LogP) is 5.84. The van der Waals surface area contributed by atoms with Crippen LogP contribution in [0.25, 0.3) is 11.1 Å². The van der Waals surface area contributed by atoms with Gasteiger partial charge in [-0.25, -0.2) is 0 Å². The van der Waals surface area contributed by atoms with Crippen molar-refractivity contribution in [3.63, 3.8) is 0 Å². The predicted molar refractivity (Wildman–Crippen MR) is 130 cm³/mol. The van der Waals surface area contributed by atoms with Crippen molar-refractivity contribution in [1.82, 2.24) is 0 Å². The SMILES string of the molecule is CC1c2cc(C#N)ccc2-c2ccc(COc3ccc(OCCCCOCC4CO4)cc3)cc21. The summed E-state index contributed by atoms with van der Waals surface area (Å²) in [6.07, 6.45) is 2.28. The van der Waals surface area contributed by atoms with Crippen LogP contribution in [0, 0.1) is 11.3 Å². The second-order valence-corrected chi connectivity index (χ2v) is 8.90. The number of epoxide rings is 1. The van der Waals surface area contributed by atoms with Crippen LogP contribution in [0.5, 0.6) is 11.5 Å². The number of ether oxygens (including phenoxy) is 4. The molecule has 174 valence electrons. The number of hydrogen-bond acceptors (Lipinski definition) is 5. The van der Waals surface area contributed by atoms with Crippen molar-refractivity contribution >= 4 is 0 Å². The highest BCUT2D eigenvalue weighted by molar-refractivity contribution is 5.79. The molecule has 0 bridgehead atoms. The molecule has 2 atom stereocenters. The summed E-state index contributed by atoms with van der Waals surface area (Å²) in [5.41, 5.74) is 6.84. The number of unbranched alkanes of at least 4 members (excludes halogenated alkanes) is 1. The molecule has 0 spiro atoms. The average molecular weight is 456 g/mol. The molecule has 34 heavy (non-hydrogen) atoms. The van der Waals surface area contributed by atoms with Gasteiger partial charge in [-0.05, 0) is 77.1 Å². The van der Waals surface area contributed by atoms with Gasteiger partial charge in [-0.3, -0.25) is 0 Å². The number of hydrogen-bond donors (Lipinski definition) is 0.